The van der Waals surface area contributed by atoms with Crippen molar-refractivity contribution in [2.45, 2.75) is 25.2 Å². The molecular weight excluding hydrogens is 328 g/mol. The number of carbonyl (C=O) groups excluding carboxylic acids is 1. The minimum atomic E-state index is -0.333. The Morgan fingerprint density at radius 2 is 2.08 bits per heavy atom. The van der Waals surface area contributed by atoms with Crippen LogP contribution in [0.5, 0.6) is 5.88 Å². The van der Waals surface area contributed by atoms with Crippen LogP contribution in [0.15, 0.2) is 41.6 Å². The number of fused-ring (bicyclic) bond motifs is 1. The van der Waals surface area contributed by atoms with Crippen molar-refractivity contribution < 1.29 is 9.53 Å². The number of aromatic nitrogens is 1. The quantitative estimate of drug-likeness (QED) is 0.866. The first-order valence-electron chi connectivity index (χ1n) is 8.51. The standard InChI is InChI=1S/C20H18N4O2/c1-26-20-12(10-21)18-17(19(22)24-20)15(11-6-3-2-4-7-11)16-13(23-18)8-5-9-14(16)25/h2-4,6-7,15,23H,5,8-9H2,1H3,(H2,22,24)/t15-/m0/s1. The monoisotopic (exact) mass is 346 g/mol. The van der Waals surface area contributed by atoms with Gasteiger partial charge in [0.2, 0.25) is 5.88 Å². The second kappa shape index (κ2) is 6.19. The van der Waals surface area contributed by atoms with E-state index in [0.29, 0.717) is 23.2 Å². The van der Waals surface area contributed by atoms with Crippen LogP contribution in [-0.2, 0) is 4.79 Å². The number of hydrogen-bond acceptors (Lipinski definition) is 6. The molecule has 6 nitrogen and oxygen atoms in total. The highest BCUT2D eigenvalue weighted by molar-refractivity contribution is 6.02. The number of allylic oxidation sites excluding steroid dienone is 2. The third-order valence-electron chi connectivity index (χ3n) is 4.98. The maximum Gasteiger partial charge on any atom is 0.235 e. The Labute approximate surface area is 151 Å². The van der Waals surface area contributed by atoms with E-state index in [1.165, 1.54) is 7.11 Å². The molecule has 0 bridgehead atoms. The summed E-state index contributed by atoms with van der Waals surface area (Å²) >= 11 is 0. The third kappa shape index (κ3) is 2.32. The summed E-state index contributed by atoms with van der Waals surface area (Å²) in [4.78, 5) is 17.0. The third-order valence-corrected chi connectivity index (χ3v) is 4.98. The molecule has 4 rings (SSSR count). The lowest BCUT2D eigenvalue weighted by atomic mass is 9.75. The summed E-state index contributed by atoms with van der Waals surface area (Å²) < 4.78 is 5.24. The highest BCUT2D eigenvalue weighted by Gasteiger charge is 2.38. The molecule has 26 heavy (non-hydrogen) atoms. The number of benzene rings is 1. The molecule has 2 aliphatic rings. The summed E-state index contributed by atoms with van der Waals surface area (Å²) in [5.74, 6) is 0.240. The SMILES string of the molecule is COc1nc(N)c2c(c1C#N)NC1=C(C(=O)CCC1)[C@@H]2c1ccccc1. The van der Waals surface area contributed by atoms with Crippen LogP contribution in [0.3, 0.4) is 0 Å². The van der Waals surface area contributed by atoms with Crippen LogP contribution in [0.2, 0.25) is 0 Å². The van der Waals surface area contributed by atoms with Gasteiger partial charge in [-0.3, -0.25) is 4.79 Å². The number of anilines is 2. The van der Waals surface area contributed by atoms with Gasteiger partial charge < -0.3 is 15.8 Å². The minimum absolute atomic E-state index is 0.118. The Morgan fingerprint density at radius 1 is 1.31 bits per heavy atom. The van der Waals surface area contributed by atoms with Crippen molar-refractivity contribution in [1.82, 2.24) is 4.98 Å². The smallest absolute Gasteiger partial charge is 0.235 e. The summed E-state index contributed by atoms with van der Waals surface area (Å²) in [5.41, 5.74) is 10.4. The number of nitrogens with zero attached hydrogens (tertiary/aromatic N) is 2. The van der Waals surface area contributed by atoms with Crippen LogP contribution >= 0.6 is 0 Å². The van der Waals surface area contributed by atoms with Gasteiger partial charge >= 0.3 is 0 Å². The zero-order valence-corrected chi connectivity index (χ0v) is 14.4. The Bertz CT molecular complexity index is 974. The topological polar surface area (TPSA) is 101 Å². The van der Waals surface area contributed by atoms with E-state index in [9.17, 15) is 10.1 Å². The summed E-state index contributed by atoms with van der Waals surface area (Å²) in [6, 6.07) is 11.9. The Morgan fingerprint density at radius 3 is 2.77 bits per heavy atom. The molecule has 1 aromatic carbocycles. The van der Waals surface area contributed by atoms with Crippen LogP contribution < -0.4 is 15.8 Å². The molecule has 0 fully saturated rings. The van der Waals surface area contributed by atoms with Crippen LogP contribution in [0.1, 0.15) is 41.9 Å². The summed E-state index contributed by atoms with van der Waals surface area (Å²) in [6.07, 6.45) is 2.08. The second-order valence-electron chi connectivity index (χ2n) is 6.42. The van der Waals surface area contributed by atoms with Gasteiger partial charge in [0, 0.05) is 29.2 Å². The van der Waals surface area contributed by atoms with Gasteiger partial charge in [0.1, 0.15) is 17.5 Å². The lowest BCUT2D eigenvalue weighted by Crippen LogP contribution is -2.28. The molecule has 3 N–H and O–H groups in total. The molecule has 0 unspecified atom stereocenters. The van der Waals surface area contributed by atoms with Gasteiger partial charge in [-0.1, -0.05) is 30.3 Å². The Hall–Kier alpha value is -3.33. The second-order valence-corrected chi connectivity index (χ2v) is 6.42. The van der Waals surface area contributed by atoms with Gasteiger partial charge in [-0.2, -0.15) is 10.2 Å². The molecule has 1 aliphatic heterocycles. The number of pyridine rings is 1. The van der Waals surface area contributed by atoms with Crippen LogP contribution in [-0.4, -0.2) is 17.9 Å². The van der Waals surface area contributed by atoms with Crippen LogP contribution in [0.25, 0.3) is 0 Å². The molecule has 2 aromatic rings. The van der Waals surface area contributed by atoms with E-state index < -0.39 is 0 Å². The first-order valence-corrected chi connectivity index (χ1v) is 8.51. The van der Waals surface area contributed by atoms with Gasteiger partial charge in [-0.05, 0) is 18.4 Å². The number of nitrogens with two attached hydrogens (primary N) is 1. The summed E-state index contributed by atoms with van der Waals surface area (Å²) in [6.45, 7) is 0. The number of nitrogens with one attached hydrogen (secondary N) is 1. The highest BCUT2D eigenvalue weighted by atomic mass is 16.5. The Balaban J connectivity index is 2.04. The first kappa shape index (κ1) is 16.2. The predicted molar refractivity (Wildman–Crippen MR) is 97.7 cm³/mol. The van der Waals surface area contributed by atoms with E-state index >= 15 is 0 Å². The van der Waals surface area contributed by atoms with Gasteiger partial charge in [-0.15, -0.1) is 0 Å². The van der Waals surface area contributed by atoms with Gasteiger partial charge in [0.25, 0.3) is 0 Å². The van der Waals surface area contributed by atoms with Crippen molar-refractivity contribution >= 4 is 17.3 Å². The fourth-order valence-corrected chi connectivity index (χ4v) is 3.87. The van der Waals surface area contributed by atoms with E-state index in [0.717, 1.165) is 29.7 Å². The van der Waals surface area contributed by atoms with Crippen molar-refractivity contribution in [3.05, 3.63) is 58.3 Å². The van der Waals surface area contributed by atoms with Crippen molar-refractivity contribution in [3.8, 4) is 11.9 Å². The molecule has 0 saturated carbocycles. The molecular formula is C20H18N4O2. The number of rotatable bonds is 2. The summed E-state index contributed by atoms with van der Waals surface area (Å²) in [7, 11) is 1.46. The van der Waals surface area contributed by atoms with Gasteiger partial charge in [0.05, 0.1) is 12.8 Å². The number of carbonyl (C=O) groups is 1. The number of ketones is 1. The number of hydrogen-bond donors (Lipinski definition) is 2. The number of Topliss-reactive ketones (excluding diaryl/α,β-unsaturated/α-hetero) is 1. The van der Waals surface area contributed by atoms with Crippen LogP contribution in [0, 0.1) is 11.3 Å². The largest absolute Gasteiger partial charge is 0.480 e. The molecule has 1 aliphatic carbocycles. The van der Waals surface area contributed by atoms with E-state index in [1.54, 1.807) is 0 Å². The molecule has 1 atom stereocenters. The molecule has 2 heterocycles. The molecule has 6 heteroatoms. The summed E-state index contributed by atoms with van der Waals surface area (Å²) in [5, 5.41) is 13.0. The minimum Gasteiger partial charge on any atom is -0.480 e. The molecule has 0 spiro atoms. The van der Waals surface area contributed by atoms with Crippen molar-refractivity contribution in [1.29, 1.82) is 5.26 Å². The highest BCUT2D eigenvalue weighted by Crippen LogP contribution is 2.49. The first-order chi connectivity index (χ1) is 12.7. The van der Waals surface area contributed by atoms with Gasteiger partial charge in [0.15, 0.2) is 5.78 Å². The zero-order valence-electron chi connectivity index (χ0n) is 14.4. The van der Waals surface area contributed by atoms with Crippen molar-refractivity contribution in [2.75, 3.05) is 18.2 Å². The molecule has 0 radical (unpaired) electrons. The number of methoxy groups -OCH3 is 1. The number of nitrogen functional groups attached to an aromatic ring is 1. The average molecular weight is 346 g/mol. The number of nitriles is 1. The fourth-order valence-electron chi connectivity index (χ4n) is 3.87. The van der Waals surface area contributed by atoms with Crippen LogP contribution in [0.4, 0.5) is 11.5 Å². The maximum atomic E-state index is 12.8. The molecule has 1 aromatic heterocycles. The molecule has 0 saturated heterocycles. The van der Waals surface area contributed by atoms with Gasteiger partial charge in [-0.25, -0.2) is 0 Å². The number of ether oxygens (including phenoxy) is 1. The van der Waals surface area contributed by atoms with E-state index in [2.05, 4.69) is 16.4 Å². The predicted octanol–water partition coefficient (Wildman–Crippen LogP) is 3.11. The Kier molecular flexibility index (Phi) is 3.85. The fraction of sp³-hybridized carbons (Fsp3) is 0.250. The zero-order chi connectivity index (χ0) is 18.3. The lowest BCUT2D eigenvalue weighted by molar-refractivity contribution is -0.116. The van der Waals surface area contributed by atoms with Crippen molar-refractivity contribution in [3.63, 3.8) is 0 Å². The molecule has 130 valence electrons. The van der Waals surface area contributed by atoms with Crippen molar-refractivity contribution in [2.24, 2.45) is 0 Å². The van der Waals surface area contributed by atoms with E-state index in [4.69, 9.17) is 10.5 Å². The lowest BCUT2D eigenvalue weighted by Gasteiger charge is -2.35. The normalized spacial score (nSPS) is 18.5. The average Bonchev–Trinajstić information content (AvgIpc) is 2.67. The molecule has 0 amide bonds. The van der Waals surface area contributed by atoms with E-state index in [-0.39, 0.29) is 23.4 Å². The van der Waals surface area contributed by atoms with E-state index in [1.807, 2.05) is 30.3 Å². The maximum absolute atomic E-state index is 12.8.